The maximum Gasteiger partial charge on any atom is 0.227 e. The first-order valence-electron chi connectivity index (χ1n) is 9.29. The summed E-state index contributed by atoms with van der Waals surface area (Å²) < 4.78 is 5.20. The topological polar surface area (TPSA) is 54.5 Å². The smallest absolute Gasteiger partial charge is 0.227 e. The third kappa shape index (κ3) is 6.22. The van der Waals surface area contributed by atoms with Crippen molar-refractivity contribution in [3.05, 3.63) is 59.9 Å². The molecule has 1 fully saturated rings. The number of hydrogen-bond donors (Lipinski definition) is 1. The Morgan fingerprint density at radius 2 is 2.00 bits per heavy atom. The lowest BCUT2D eigenvalue weighted by Gasteiger charge is -2.31. The van der Waals surface area contributed by atoms with Gasteiger partial charge < -0.3 is 15.0 Å². The van der Waals surface area contributed by atoms with Crippen LogP contribution in [0.4, 0.5) is 0 Å². The summed E-state index contributed by atoms with van der Waals surface area (Å²) in [5.41, 5.74) is 1.95. The second-order valence-electron chi connectivity index (χ2n) is 6.70. The Labute approximate surface area is 167 Å². The molecule has 1 aromatic heterocycles. The third-order valence-electron chi connectivity index (χ3n) is 4.88. The van der Waals surface area contributed by atoms with Crippen LogP contribution in [0.15, 0.2) is 48.7 Å². The number of benzene rings is 1. The van der Waals surface area contributed by atoms with Gasteiger partial charge in [0, 0.05) is 12.2 Å². The van der Waals surface area contributed by atoms with Crippen LogP contribution in [0.25, 0.3) is 0 Å². The molecule has 0 bridgehead atoms. The number of amides is 1. The highest BCUT2D eigenvalue weighted by Gasteiger charge is 2.25. The van der Waals surface area contributed by atoms with Gasteiger partial charge in [0.05, 0.1) is 25.8 Å². The van der Waals surface area contributed by atoms with Gasteiger partial charge >= 0.3 is 0 Å². The summed E-state index contributed by atoms with van der Waals surface area (Å²) in [6.07, 6.45) is 5.31. The summed E-state index contributed by atoms with van der Waals surface area (Å²) in [4.78, 5) is 19.6. The normalized spacial score (nSPS) is 16.7. The summed E-state index contributed by atoms with van der Waals surface area (Å²) in [5, 5.41) is 3.43. The van der Waals surface area contributed by atoms with E-state index in [2.05, 4.69) is 10.3 Å². The molecule has 27 heavy (non-hydrogen) atoms. The van der Waals surface area contributed by atoms with E-state index in [1.807, 2.05) is 47.4 Å². The highest BCUT2D eigenvalue weighted by molar-refractivity contribution is 5.85. The van der Waals surface area contributed by atoms with Crippen molar-refractivity contribution in [1.29, 1.82) is 0 Å². The highest BCUT2D eigenvalue weighted by Crippen LogP contribution is 2.19. The van der Waals surface area contributed by atoms with Gasteiger partial charge in [-0.25, -0.2) is 0 Å². The first-order chi connectivity index (χ1) is 12.8. The number of aromatic nitrogens is 1. The largest absolute Gasteiger partial charge is 0.497 e. The van der Waals surface area contributed by atoms with Crippen LogP contribution >= 0.6 is 12.4 Å². The van der Waals surface area contributed by atoms with Gasteiger partial charge in [-0.2, -0.15) is 0 Å². The zero-order chi connectivity index (χ0) is 18.2. The molecule has 1 unspecified atom stereocenters. The Balaban J connectivity index is 0.00000261. The van der Waals surface area contributed by atoms with Crippen molar-refractivity contribution in [2.75, 3.05) is 20.2 Å². The van der Waals surface area contributed by atoms with Crippen molar-refractivity contribution in [1.82, 2.24) is 15.2 Å². The van der Waals surface area contributed by atoms with Gasteiger partial charge in [0.2, 0.25) is 5.91 Å². The Morgan fingerprint density at radius 3 is 2.70 bits per heavy atom. The molecule has 1 aliphatic heterocycles. The van der Waals surface area contributed by atoms with E-state index in [0.717, 1.165) is 49.4 Å². The Bertz CT molecular complexity index is 686. The lowest BCUT2D eigenvalue weighted by atomic mass is 10.0. The van der Waals surface area contributed by atoms with E-state index < -0.39 is 0 Å². The summed E-state index contributed by atoms with van der Waals surface area (Å²) in [5.74, 6) is 0.967. The van der Waals surface area contributed by atoms with E-state index in [1.165, 1.54) is 0 Å². The van der Waals surface area contributed by atoms with Crippen LogP contribution in [0.2, 0.25) is 0 Å². The molecule has 3 rings (SSSR count). The quantitative estimate of drug-likeness (QED) is 0.824. The SMILES string of the molecule is COc1ccc(CC(=O)N(Cc2ccccn2)C2CCCNCC2)cc1.Cl. The Kier molecular flexibility index (Phi) is 8.55. The molecule has 5 nitrogen and oxygen atoms in total. The summed E-state index contributed by atoms with van der Waals surface area (Å²) in [6, 6.07) is 13.9. The number of rotatable bonds is 6. The van der Waals surface area contributed by atoms with Crippen molar-refractivity contribution in [2.45, 2.75) is 38.3 Å². The Morgan fingerprint density at radius 1 is 1.19 bits per heavy atom. The molecule has 2 heterocycles. The van der Waals surface area contributed by atoms with E-state index in [0.29, 0.717) is 13.0 Å². The second-order valence-corrected chi connectivity index (χ2v) is 6.70. The minimum atomic E-state index is 0. The van der Waals surface area contributed by atoms with Crippen LogP contribution in [-0.4, -0.2) is 42.0 Å². The average molecular weight is 390 g/mol. The molecule has 2 aromatic rings. The van der Waals surface area contributed by atoms with Gasteiger partial charge in [0.25, 0.3) is 0 Å². The number of methoxy groups -OCH3 is 1. The number of carbonyl (C=O) groups is 1. The molecule has 1 aliphatic rings. The van der Waals surface area contributed by atoms with Gasteiger partial charge in [-0.1, -0.05) is 18.2 Å². The Hall–Kier alpha value is -2.11. The van der Waals surface area contributed by atoms with Crippen molar-refractivity contribution >= 4 is 18.3 Å². The lowest BCUT2D eigenvalue weighted by molar-refractivity contribution is -0.133. The van der Waals surface area contributed by atoms with Crippen LogP contribution in [0.3, 0.4) is 0 Å². The fourth-order valence-electron chi connectivity index (χ4n) is 3.42. The molecule has 1 aromatic carbocycles. The van der Waals surface area contributed by atoms with Crippen LogP contribution in [-0.2, 0) is 17.8 Å². The fraction of sp³-hybridized carbons (Fsp3) is 0.429. The van der Waals surface area contributed by atoms with Crippen LogP contribution in [0.5, 0.6) is 5.75 Å². The summed E-state index contributed by atoms with van der Waals surface area (Å²) in [7, 11) is 1.65. The van der Waals surface area contributed by atoms with Gasteiger partial charge in [0.15, 0.2) is 0 Å². The number of ether oxygens (including phenoxy) is 1. The van der Waals surface area contributed by atoms with E-state index >= 15 is 0 Å². The number of pyridine rings is 1. The molecular formula is C21H28ClN3O2. The molecule has 146 valence electrons. The van der Waals surface area contributed by atoms with Crippen molar-refractivity contribution in [2.24, 2.45) is 0 Å². The van der Waals surface area contributed by atoms with E-state index in [1.54, 1.807) is 13.3 Å². The summed E-state index contributed by atoms with van der Waals surface area (Å²) in [6.45, 7) is 2.56. The van der Waals surface area contributed by atoms with Crippen LogP contribution in [0.1, 0.15) is 30.5 Å². The van der Waals surface area contributed by atoms with Crippen molar-refractivity contribution in [3.8, 4) is 5.75 Å². The summed E-state index contributed by atoms with van der Waals surface area (Å²) >= 11 is 0. The number of nitrogens with one attached hydrogen (secondary N) is 1. The predicted octanol–water partition coefficient (Wildman–Crippen LogP) is 3.23. The minimum absolute atomic E-state index is 0. The number of halogens is 1. The highest BCUT2D eigenvalue weighted by atomic mass is 35.5. The first kappa shape index (κ1) is 21.2. The first-order valence-corrected chi connectivity index (χ1v) is 9.29. The van der Waals surface area contributed by atoms with Gasteiger partial charge in [-0.15, -0.1) is 12.4 Å². The van der Waals surface area contributed by atoms with Crippen molar-refractivity contribution in [3.63, 3.8) is 0 Å². The molecule has 1 atom stereocenters. The lowest BCUT2D eigenvalue weighted by Crippen LogP contribution is -2.41. The molecular weight excluding hydrogens is 362 g/mol. The number of hydrogen-bond acceptors (Lipinski definition) is 4. The maximum absolute atomic E-state index is 13.1. The zero-order valence-electron chi connectivity index (χ0n) is 15.8. The molecule has 6 heteroatoms. The fourth-order valence-corrected chi connectivity index (χ4v) is 3.42. The molecule has 0 spiro atoms. The predicted molar refractivity (Wildman–Crippen MR) is 109 cm³/mol. The van der Waals surface area contributed by atoms with Gasteiger partial charge in [0.1, 0.15) is 5.75 Å². The van der Waals surface area contributed by atoms with E-state index in [9.17, 15) is 4.79 Å². The van der Waals surface area contributed by atoms with Crippen molar-refractivity contribution < 1.29 is 9.53 Å². The van der Waals surface area contributed by atoms with Gasteiger partial charge in [-0.3, -0.25) is 9.78 Å². The van der Waals surface area contributed by atoms with E-state index in [4.69, 9.17) is 4.74 Å². The van der Waals surface area contributed by atoms with Crippen LogP contribution < -0.4 is 10.1 Å². The molecule has 0 aliphatic carbocycles. The molecule has 1 amide bonds. The van der Waals surface area contributed by atoms with E-state index in [-0.39, 0.29) is 24.4 Å². The maximum atomic E-state index is 13.1. The standard InChI is InChI=1S/C21H27N3O2.ClH/c1-26-20-9-7-17(8-10-20)15-21(25)24(16-18-5-2-3-13-23-18)19-6-4-12-22-14-11-19;/h2-3,5,7-10,13,19,22H,4,6,11-12,14-16H2,1H3;1H. The molecule has 0 saturated carbocycles. The number of nitrogens with zero attached hydrogens (tertiary/aromatic N) is 2. The third-order valence-corrected chi connectivity index (χ3v) is 4.88. The second kappa shape index (κ2) is 10.9. The monoisotopic (exact) mass is 389 g/mol. The van der Waals surface area contributed by atoms with Gasteiger partial charge in [-0.05, 0) is 62.2 Å². The minimum Gasteiger partial charge on any atom is -0.497 e. The molecule has 1 N–H and O–H groups in total. The zero-order valence-corrected chi connectivity index (χ0v) is 16.6. The number of carbonyl (C=O) groups excluding carboxylic acids is 1. The average Bonchev–Trinajstić information content (AvgIpc) is 2.97. The molecule has 1 saturated heterocycles. The molecule has 0 radical (unpaired) electrons. The van der Waals surface area contributed by atoms with Crippen LogP contribution in [0, 0.1) is 0 Å².